The second-order valence-electron chi connectivity index (χ2n) is 5.43. The predicted molar refractivity (Wildman–Crippen MR) is 119 cm³/mol. The second kappa shape index (κ2) is 8.19. The molecule has 1 fully saturated rings. The lowest BCUT2D eigenvalue weighted by atomic mass is 10.1. The van der Waals surface area contributed by atoms with E-state index in [1.165, 1.54) is 42.4 Å². The van der Waals surface area contributed by atoms with Gasteiger partial charge in [-0.2, -0.15) is 0 Å². The first-order valence-corrected chi connectivity index (χ1v) is 10.3. The van der Waals surface area contributed by atoms with Gasteiger partial charge in [-0.1, -0.05) is 24.0 Å². The largest absolute Gasteiger partial charge is 0.504 e. The van der Waals surface area contributed by atoms with Gasteiger partial charge in [0, 0.05) is 26.6 Å². The number of carbonyl (C=O) groups is 1. The maximum atomic E-state index is 12.9. The summed E-state index contributed by atoms with van der Waals surface area (Å²) in [6.07, 6.45) is 1.51. The van der Waals surface area contributed by atoms with Crippen LogP contribution >= 0.6 is 55.8 Å². The Morgan fingerprint density at radius 1 is 1.32 bits per heavy atom. The number of ether oxygens (including phenoxy) is 1. The van der Waals surface area contributed by atoms with Crippen LogP contribution in [0.25, 0.3) is 6.08 Å². The molecule has 28 heavy (non-hydrogen) atoms. The lowest BCUT2D eigenvalue weighted by Gasteiger charge is -2.14. The van der Waals surface area contributed by atoms with Crippen molar-refractivity contribution in [3.8, 4) is 11.5 Å². The first-order valence-electron chi connectivity index (χ1n) is 7.52. The van der Waals surface area contributed by atoms with Gasteiger partial charge < -0.3 is 9.84 Å². The number of thioether (sulfide) groups is 1. The maximum Gasteiger partial charge on any atom is 0.270 e. The van der Waals surface area contributed by atoms with Gasteiger partial charge in [-0.3, -0.25) is 19.8 Å². The van der Waals surface area contributed by atoms with Crippen molar-refractivity contribution in [1.82, 2.24) is 0 Å². The first-order chi connectivity index (χ1) is 13.2. The molecule has 1 saturated heterocycles. The minimum atomic E-state index is -0.519. The summed E-state index contributed by atoms with van der Waals surface area (Å²) in [6.45, 7) is 0. The van der Waals surface area contributed by atoms with Crippen molar-refractivity contribution < 1.29 is 19.6 Å². The molecular formula is C17H10Br2N2O5S2. The maximum absolute atomic E-state index is 12.9. The fourth-order valence-corrected chi connectivity index (χ4v) is 4.56. The number of thiocarbonyl (C=S) groups is 1. The summed E-state index contributed by atoms with van der Waals surface area (Å²) in [6, 6.07) is 7.12. The number of non-ortho nitro benzene ring substituents is 1. The Labute approximate surface area is 185 Å². The summed E-state index contributed by atoms with van der Waals surface area (Å²) in [4.78, 5) is 24.7. The van der Waals surface area contributed by atoms with Crippen molar-refractivity contribution in [3.05, 3.63) is 59.9 Å². The van der Waals surface area contributed by atoms with Crippen LogP contribution in [0.1, 0.15) is 5.56 Å². The van der Waals surface area contributed by atoms with Gasteiger partial charge in [0.05, 0.1) is 22.6 Å². The van der Waals surface area contributed by atoms with Crippen molar-refractivity contribution in [2.75, 3.05) is 12.0 Å². The van der Waals surface area contributed by atoms with E-state index in [1.807, 2.05) is 0 Å². The highest BCUT2D eigenvalue weighted by molar-refractivity contribution is 9.13. The summed E-state index contributed by atoms with van der Waals surface area (Å²) in [5.41, 5.74) is 0.696. The minimum Gasteiger partial charge on any atom is -0.504 e. The van der Waals surface area contributed by atoms with Gasteiger partial charge >= 0.3 is 0 Å². The molecule has 0 aromatic heterocycles. The summed E-state index contributed by atoms with van der Waals surface area (Å²) in [7, 11) is 1.42. The average Bonchev–Trinajstić information content (AvgIpc) is 2.95. The van der Waals surface area contributed by atoms with Crippen LogP contribution in [0, 0.1) is 10.1 Å². The highest BCUT2D eigenvalue weighted by Crippen LogP contribution is 2.44. The van der Waals surface area contributed by atoms with E-state index < -0.39 is 10.8 Å². The summed E-state index contributed by atoms with van der Waals surface area (Å²) in [5, 5.41) is 21.2. The number of rotatable bonds is 4. The zero-order valence-corrected chi connectivity index (χ0v) is 18.8. The Morgan fingerprint density at radius 3 is 2.54 bits per heavy atom. The molecule has 0 unspecified atom stereocenters. The zero-order chi connectivity index (χ0) is 20.6. The number of nitro benzene ring substituents is 1. The van der Waals surface area contributed by atoms with Gasteiger partial charge in [-0.15, -0.1) is 0 Å². The molecule has 0 saturated carbocycles. The summed E-state index contributed by atoms with van der Waals surface area (Å²) < 4.78 is 6.61. The lowest BCUT2D eigenvalue weighted by molar-refractivity contribution is -0.384. The Kier molecular flexibility index (Phi) is 6.08. The van der Waals surface area contributed by atoms with E-state index in [1.54, 1.807) is 6.07 Å². The molecule has 0 radical (unpaired) electrons. The topological polar surface area (TPSA) is 92.9 Å². The third-order valence-electron chi connectivity index (χ3n) is 3.80. The number of carbonyl (C=O) groups excluding carboxylic acids is 1. The highest BCUT2D eigenvalue weighted by Gasteiger charge is 2.34. The molecule has 1 heterocycles. The number of phenols is 1. The molecule has 0 aliphatic carbocycles. The normalized spacial score (nSPS) is 15.4. The van der Waals surface area contributed by atoms with Crippen LogP contribution in [0.3, 0.4) is 0 Å². The summed E-state index contributed by atoms with van der Waals surface area (Å²) >= 11 is 13.1. The van der Waals surface area contributed by atoms with Crippen molar-refractivity contribution in [2.24, 2.45) is 0 Å². The quantitative estimate of drug-likeness (QED) is 0.243. The SMILES string of the molecule is COc1cc(Br)c(Br)c(/C=C2/SC(=S)N(c3ccc([N+](=O)[O-])cc3)C2=O)c1O. The Morgan fingerprint density at radius 2 is 1.96 bits per heavy atom. The minimum absolute atomic E-state index is 0.0835. The third kappa shape index (κ3) is 3.79. The van der Waals surface area contributed by atoms with Crippen molar-refractivity contribution in [1.29, 1.82) is 0 Å². The summed E-state index contributed by atoms with van der Waals surface area (Å²) in [5.74, 6) is -0.278. The molecule has 1 aliphatic rings. The standard InChI is InChI=1S/C17H10Br2N2O5S2/c1-26-12-7-11(18)14(19)10(15(12)22)6-13-16(23)20(17(27)28-13)8-2-4-9(5-3-8)21(24)25/h2-7,22H,1H3/b13-6+. The fourth-order valence-electron chi connectivity index (χ4n) is 2.44. The second-order valence-corrected chi connectivity index (χ2v) is 8.75. The van der Waals surface area contributed by atoms with Gasteiger partial charge in [0.25, 0.3) is 11.6 Å². The van der Waals surface area contributed by atoms with Gasteiger partial charge in [0.2, 0.25) is 0 Å². The van der Waals surface area contributed by atoms with E-state index in [9.17, 15) is 20.0 Å². The molecule has 11 heteroatoms. The van der Waals surface area contributed by atoms with Crippen LogP contribution in [0.2, 0.25) is 0 Å². The van der Waals surface area contributed by atoms with Crippen LogP contribution in [-0.4, -0.2) is 27.4 Å². The van der Waals surface area contributed by atoms with Crippen LogP contribution in [0.4, 0.5) is 11.4 Å². The van der Waals surface area contributed by atoms with Crippen LogP contribution in [0.15, 0.2) is 44.2 Å². The number of amides is 1. The molecule has 2 aromatic carbocycles. The number of phenolic OH excluding ortho intramolecular Hbond substituents is 1. The van der Waals surface area contributed by atoms with E-state index in [2.05, 4.69) is 31.9 Å². The average molecular weight is 546 g/mol. The van der Waals surface area contributed by atoms with E-state index in [-0.39, 0.29) is 21.5 Å². The number of hydrogen-bond donors (Lipinski definition) is 1. The number of halogens is 2. The van der Waals surface area contributed by atoms with Crippen LogP contribution < -0.4 is 9.64 Å². The molecule has 1 amide bonds. The number of nitro groups is 1. The smallest absolute Gasteiger partial charge is 0.270 e. The molecule has 1 aliphatic heterocycles. The number of aromatic hydroxyl groups is 1. The fraction of sp³-hybridized carbons (Fsp3) is 0.0588. The molecular weight excluding hydrogens is 536 g/mol. The number of methoxy groups -OCH3 is 1. The molecule has 0 bridgehead atoms. The number of hydrogen-bond acceptors (Lipinski definition) is 7. The van der Waals surface area contributed by atoms with E-state index in [0.29, 0.717) is 25.1 Å². The Hall–Kier alpha value is -1.95. The van der Waals surface area contributed by atoms with E-state index in [4.69, 9.17) is 17.0 Å². The van der Waals surface area contributed by atoms with Crippen LogP contribution in [0.5, 0.6) is 11.5 Å². The molecule has 3 rings (SSSR count). The van der Waals surface area contributed by atoms with Gasteiger partial charge in [0.15, 0.2) is 15.8 Å². The van der Waals surface area contributed by atoms with Gasteiger partial charge in [0.1, 0.15) is 0 Å². The molecule has 7 nitrogen and oxygen atoms in total. The predicted octanol–water partition coefficient (Wildman–Crippen LogP) is 5.24. The van der Waals surface area contributed by atoms with Crippen molar-refractivity contribution in [3.63, 3.8) is 0 Å². The van der Waals surface area contributed by atoms with Gasteiger partial charge in [-0.05, 0) is 56.1 Å². The zero-order valence-electron chi connectivity index (χ0n) is 14.0. The number of anilines is 1. The highest BCUT2D eigenvalue weighted by atomic mass is 79.9. The van der Waals surface area contributed by atoms with E-state index >= 15 is 0 Å². The molecule has 2 aromatic rings. The van der Waals surface area contributed by atoms with Crippen molar-refractivity contribution >= 4 is 83.5 Å². The van der Waals surface area contributed by atoms with Crippen molar-refractivity contribution in [2.45, 2.75) is 0 Å². The lowest BCUT2D eigenvalue weighted by Crippen LogP contribution is -2.27. The Balaban J connectivity index is 2.00. The molecule has 0 atom stereocenters. The van der Waals surface area contributed by atoms with Gasteiger partial charge in [-0.25, -0.2) is 0 Å². The molecule has 144 valence electrons. The number of benzene rings is 2. The third-order valence-corrected chi connectivity index (χ3v) is 7.11. The van der Waals surface area contributed by atoms with E-state index in [0.717, 1.165) is 11.8 Å². The molecule has 1 N–H and O–H groups in total. The first kappa shape index (κ1) is 20.8. The van der Waals surface area contributed by atoms with Crippen LogP contribution in [-0.2, 0) is 4.79 Å². The molecule has 0 spiro atoms. The Bertz CT molecular complexity index is 1040. The monoisotopic (exact) mass is 544 g/mol. The number of nitrogens with zero attached hydrogens (tertiary/aromatic N) is 2.